The van der Waals surface area contributed by atoms with Gasteiger partial charge in [-0.3, -0.25) is 4.79 Å². The Bertz CT molecular complexity index is 679. The van der Waals surface area contributed by atoms with E-state index in [1.165, 1.54) is 0 Å². The van der Waals surface area contributed by atoms with Crippen molar-refractivity contribution in [2.24, 2.45) is 0 Å². The van der Waals surface area contributed by atoms with E-state index < -0.39 is 0 Å². The Hall–Kier alpha value is -2.17. The predicted molar refractivity (Wildman–Crippen MR) is 101 cm³/mol. The van der Waals surface area contributed by atoms with Crippen LogP contribution in [0.4, 0.5) is 0 Å². The normalized spacial score (nSPS) is 15.9. The van der Waals surface area contributed by atoms with Crippen molar-refractivity contribution in [1.29, 1.82) is 0 Å². The van der Waals surface area contributed by atoms with Crippen molar-refractivity contribution in [3.05, 3.63) is 60.2 Å². The van der Waals surface area contributed by atoms with Crippen LogP contribution in [-0.2, 0) is 0 Å². The van der Waals surface area contributed by atoms with E-state index in [1.807, 2.05) is 54.6 Å². The van der Waals surface area contributed by atoms with Gasteiger partial charge in [-0.15, -0.1) is 0 Å². The van der Waals surface area contributed by atoms with Gasteiger partial charge in [-0.05, 0) is 43.0 Å². The van der Waals surface area contributed by atoms with Gasteiger partial charge in [0.25, 0.3) is 5.91 Å². The minimum absolute atomic E-state index is 0.0199. The average Bonchev–Trinajstić information content (AvgIpc) is 2.67. The molecule has 2 aromatic rings. The van der Waals surface area contributed by atoms with Crippen LogP contribution in [-0.4, -0.2) is 48.2 Å². The third-order valence-corrected chi connectivity index (χ3v) is 4.75. The largest absolute Gasteiger partial charge is 0.393 e. The number of rotatable bonds is 6. The number of aliphatic hydroxyl groups is 1. The van der Waals surface area contributed by atoms with Crippen LogP contribution in [0.5, 0.6) is 0 Å². The Kier molecular flexibility index (Phi) is 6.20. The van der Waals surface area contributed by atoms with Gasteiger partial charge in [-0.2, -0.15) is 0 Å². The first-order chi connectivity index (χ1) is 12.2. The van der Waals surface area contributed by atoms with Gasteiger partial charge in [-0.1, -0.05) is 48.5 Å². The molecule has 1 fully saturated rings. The molecule has 2 aromatic carbocycles. The first kappa shape index (κ1) is 17.6. The van der Waals surface area contributed by atoms with Crippen molar-refractivity contribution in [2.45, 2.75) is 25.4 Å². The maximum absolute atomic E-state index is 12.6. The van der Waals surface area contributed by atoms with Gasteiger partial charge in [0.15, 0.2) is 0 Å². The molecule has 0 radical (unpaired) electrons. The molecule has 1 amide bonds. The fraction of sp³-hybridized carbons (Fsp3) is 0.381. The molecule has 1 aliphatic heterocycles. The summed E-state index contributed by atoms with van der Waals surface area (Å²) in [5.74, 6) is -0.0199. The highest BCUT2D eigenvalue weighted by molar-refractivity contribution is 6.00. The van der Waals surface area contributed by atoms with Gasteiger partial charge in [-0.25, -0.2) is 0 Å². The third kappa shape index (κ3) is 4.91. The molecule has 1 heterocycles. The quantitative estimate of drug-likeness (QED) is 0.796. The van der Waals surface area contributed by atoms with Crippen LogP contribution in [0.1, 0.15) is 29.6 Å². The molecule has 25 heavy (non-hydrogen) atoms. The van der Waals surface area contributed by atoms with Gasteiger partial charge in [0.2, 0.25) is 0 Å². The van der Waals surface area contributed by atoms with E-state index in [0.717, 1.165) is 55.6 Å². The van der Waals surface area contributed by atoms with Crippen molar-refractivity contribution >= 4 is 5.91 Å². The summed E-state index contributed by atoms with van der Waals surface area (Å²) >= 11 is 0. The van der Waals surface area contributed by atoms with Crippen LogP contribution in [0.3, 0.4) is 0 Å². The first-order valence-corrected chi connectivity index (χ1v) is 9.07. The molecule has 1 saturated heterocycles. The van der Waals surface area contributed by atoms with Crippen molar-refractivity contribution in [3.63, 3.8) is 0 Å². The molecule has 1 aliphatic rings. The topological polar surface area (TPSA) is 52.6 Å². The van der Waals surface area contributed by atoms with Crippen LogP contribution in [0.25, 0.3) is 11.1 Å². The van der Waals surface area contributed by atoms with Crippen molar-refractivity contribution in [3.8, 4) is 11.1 Å². The number of hydrogen-bond acceptors (Lipinski definition) is 3. The number of carbonyl (C=O) groups is 1. The summed E-state index contributed by atoms with van der Waals surface area (Å²) in [6.45, 7) is 3.53. The van der Waals surface area contributed by atoms with Gasteiger partial charge in [0.05, 0.1) is 6.10 Å². The van der Waals surface area contributed by atoms with E-state index in [-0.39, 0.29) is 12.0 Å². The Labute approximate surface area is 149 Å². The molecule has 0 aliphatic carbocycles. The minimum atomic E-state index is -0.134. The molecule has 4 nitrogen and oxygen atoms in total. The smallest absolute Gasteiger partial charge is 0.251 e. The molecular formula is C21H26N2O2. The predicted octanol–water partition coefficient (Wildman–Crippen LogP) is 2.93. The number of nitrogens with one attached hydrogen (secondary N) is 1. The molecule has 0 aromatic heterocycles. The number of benzene rings is 2. The molecule has 0 bridgehead atoms. The number of amides is 1. The maximum atomic E-state index is 12.6. The lowest BCUT2D eigenvalue weighted by molar-refractivity contribution is 0.0816. The molecule has 0 spiro atoms. The summed E-state index contributed by atoms with van der Waals surface area (Å²) in [6.07, 6.45) is 2.51. The highest BCUT2D eigenvalue weighted by atomic mass is 16.3. The Morgan fingerprint density at radius 2 is 1.72 bits per heavy atom. The van der Waals surface area contributed by atoms with Crippen molar-refractivity contribution in [1.82, 2.24) is 10.2 Å². The van der Waals surface area contributed by atoms with Crippen LogP contribution in [0, 0.1) is 0 Å². The zero-order valence-corrected chi connectivity index (χ0v) is 14.5. The Balaban J connectivity index is 1.52. The fourth-order valence-corrected chi connectivity index (χ4v) is 3.29. The van der Waals surface area contributed by atoms with Gasteiger partial charge >= 0.3 is 0 Å². The summed E-state index contributed by atoms with van der Waals surface area (Å²) < 4.78 is 0. The van der Waals surface area contributed by atoms with E-state index in [9.17, 15) is 9.90 Å². The number of nitrogens with zero attached hydrogens (tertiary/aromatic N) is 1. The van der Waals surface area contributed by atoms with E-state index in [4.69, 9.17) is 0 Å². The zero-order valence-electron chi connectivity index (χ0n) is 14.5. The van der Waals surface area contributed by atoms with E-state index in [2.05, 4.69) is 10.2 Å². The lowest BCUT2D eigenvalue weighted by Gasteiger charge is -2.29. The summed E-state index contributed by atoms with van der Waals surface area (Å²) in [4.78, 5) is 14.9. The molecule has 4 heteroatoms. The van der Waals surface area contributed by atoms with Crippen LogP contribution >= 0.6 is 0 Å². The second-order valence-electron chi connectivity index (χ2n) is 6.59. The van der Waals surface area contributed by atoms with E-state index >= 15 is 0 Å². The summed E-state index contributed by atoms with van der Waals surface area (Å²) in [5.41, 5.74) is 2.74. The van der Waals surface area contributed by atoms with Gasteiger partial charge in [0, 0.05) is 25.2 Å². The molecule has 3 rings (SSSR count). The molecule has 0 saturated carbocycles. The highest BCUT2D eigenvalue weighted by Gasteiger charge is 2.16. The first-order valence-electron chi connectivity index (χ1n) is 9.07. The van der Waals surface area contributed by atoms with Crippen LogP contribution < -0.4 is 5.32 Å². The van der Waals surface area contributed by atoms with Crippen molar-refractivity contribution in [2.75, 3.05) is 26.2 Å². The number of aliphatic hydroxyl groups excluding tert-OH is 1. The third-order valence-electron chi connectivity index (χ3n) is 4.75. The highest BCUT2D eigenvalue weighted by Crippen LogP contribution is 2.23. The fourth-order valence-electron chi connectivity index (χ4n) is 3.29. The van der Waals surface area contributed by atoms with Gasteiger partial charge in [0.1, 0.15) is 0 Å². The standard InChI is InChI=1S/C21H26N2O2/c24-18-11-15-23(16-12-18)14-6-13-22-21(25)20-10-5-4-9-19(20)17-7-2-1-3-8-17/h1-5,7-10,18,24H,6,11-16H2,(H,22,25). The number of piperidine rings is 1. The summed E-state index contributed by atoms with van der Waals surface area (Å²) in [6, 6.07) is 17.7. The monoisotopic (exact) mass is 338 g/mol. The number of likely N-dealkylation sites (tertiary alicyclic amines) is 1. The minimum Gasteiger partial charge on any atom is -0.393 e. The van der Waals surface area contributed by atoms with Gasteiger partial charge < -0.3 is 15.3 Å². The number of hydrogen-bond donors (Lipinski definition) is 2. The summed E-state index contributed by atoms with van der Waals surface area (Å²) in [5, 5.41) is 12.6. The average molecular weight is 338 g/mol. The van der Waals surface area contributed by atoms with Crippen LogP contribution in [0.15, 0.2) is 54.6 Å². The van der Waals surface area contributed by atoms with Crippen molar-refractivity contribution < 1.29 is 9.90 Å². The Morgan fingerprint density at radius 1 is 1.04 bits per heavy atom. The lowest BCUT2D eigenvalue weighted by Crippen LogP contribution is -2.37. The lowest BCUT2D eigenvalue weighted by atomic mass is 9.99. The molecule has 0 atom stereocenters. The van der Waals surface area contributed by atoms with E-state index in [0.29, 0.717) is 6.54 Å². The van der Waals surface area contributed by atoms with Crippen LogP contribution in [0.2, 0.25) is 0 Å². The zero-order chi connectivity index (χ0) is 17.5. The second kappa shape index (κ2) is 8.79. The number of carbonyl (C=O) groups excluding carboxylic acids is 1. The molecule has 0 unspecified atom stereocenters. The summed E-state index contributed by atoms with van der Waals surface area (Å²) in [7, 11) is 0. The SMILES string of the molecule is O=C(NCCCN1CCC(O)CC1)c1ccccc1-c1ccccc1. The molecule has 132 valence electrons. The Morgan fingerprint density at radius 3 is 2.48 bits per heavy atom. The van der Waals surface area contributed by atoms with E-state index in [1.54, 1.807) is 0 Å². The molecular weight excluding hydrogens is 312 g/mol. The maximum Gasteiger partial charge on any atom is 0.251 e. The second-order valence-corrected chi connectivity index (χ2v) is 6.59. The molecule has 2 N–H and O–H groups in total.